The van der Waals surface area contributed by atoms with Crippen molar-refractivity contribution >= 4 is 40.6 Å². The van der Waals surface area contributed by atoms with E-state index in [9.17, 15) is 0 Å². The van der Waals surface area contributed by atoms with Gasteiger partial charge in [0.1, 0.15) is 12.2 Å². The molecule has 0 unspecified atom stereocenters. The summed E-state index contributed by atoms with van der Waals surface area (Å²) in [6, 6.07) is 6.58. The zero-order valence-corrected chi connectivity index (χ0v) is 16.3. The first kappa shape index (κ1) is 16.8. The lowest BCUT2D eigenvalue weighted by Gasteiger charge is -2.22. The van der Waals surface area contributed by atoms with Gasteiger partial charge in [-0.15, -0.1) is 0 Å². The smallest absolute Gasteiger partial charge is 0.106 e. The van der Waals surface area contributed by atoms with Crippen molar-refractivity contribution in [2.75, 3.05) is 22.9 Å². The maximum atomic E-state index is 4.82. The van der Waals surface area contributed by atoms with Crippen LogP contribution in [0.5, 0.6) is 0 Å². The molecular formula is C18H23N5S2. The van der Waals surface area contributed by atoms with E-state index in [1.165, 1.54) is 29.9 Å². The van der Waals surface area contributed by atoms with E-state index in [0.29, 0.717) is 0 Å². The molecule has 1 aliphatic heterocycles. The summed E-state index contributed by atoms with van der Waals surface area (Å²) in [5.41, 5.74) is 3.48. The second-order valence-electron chi connectivity index (χ2n) is 6.50. The van der Waals surface area contributed by atoms with Crippen LogP contribution in [0, 0.1) is 12.8 Å². The van der Waals surface area contributed by atoms with Crippen molar-refractivity contribution in [2.45, 2.75) is 26.3 Å². The van der Waals surface area contributed by atoms with Crippen molar-refractivity contribution in [2.24, 2.45) is 5.92 Å². The van der Waals surface area contributed by atoms with E-state index in [2.05, 4.69) is 57.8 Å². The molecule has 0 amide bonds. The van der Waals surface area contributed by atoms with Crippen molar-refractivity contribution in [3.05, 3.63) is 42.7 Å². The topological polar surface area (TPSA) is 38.9 Å². The zero-order valence-electron chi connectivity index (χ0n) is 14.6. The number of hydrogen-bond acceptors (Lipinski definition) is 5. The van der Waals surface area contributed by atoms with Crippen molar-refractivity contribution in [3.63, 3.8) is 0 Å². The molecule has 132 valence electrons. The molecule has 4 rings (SSSR count). The first-order valence-corrected chi connectivity index (χ1v) is 10.5. The number of benzene rings is 1. The molecule has 0 atom stereocenters. The lowest BCUT2D eigenvalue weighted by molar-refractivity contribution is 0.418. The van der Waals surface area contributed by atoms with Crippen molar-refractivity contribution in [1.29, 1.82) is 0 Å². The molecule has 0 saturated carbocycles. The summed E-state index contributed by atoms with van der Waals surface area (Å²) in [5.74, 6) is 4.51. The van der Waals surface area contributed by atoms with E-state index in [1.807, 2.05) is 10.2 Å². The van der Waals surface area contributed by atoms with Crippen molar-refractivity contribution < 1.29 is 0 Å². The Labute approximate surface area is 157 Å². The second-order valence-corrected chi connectivity index (χ2v) is 8.86. The Morgan fingerprint density at radius 3 is 2.92 bits per heavy atom. The molecule has 7 heteroatoms. The number of aryl methyl sites for hydroxylation is 1. The van der Waals surface area contributed by atoms with Crippen LogP contribution >= 0.6 is 23.9 Å². The van der Waals surface area contributed by atoms with Gasteiger partial charge in [0, 0.05) is 26.0 Å². The summed E-state index contributed by atoms with van der Waals surface area (Å²) in [6.45, 7) is 3.23. The van der Waals surface area contributed by atoms with E-state index >= 15 is 0 Å². The minimum atomic E-state index is 0.788. The van der Waals surface area contributed by atoms with Gasteiger partial charge in [0.25, 0.3) is 0 Å². The Kier molecular flexibility index (Phi) is 4.94. The van der Waals surface area contributed by atoms with Crippen molar-refractivity contribution in [3.8, 4) is 0 Å². The summed E-state index contributed by atoms with van der Waals surface area (Å²) in [4.78, 5) is 8.91. The second kappa shape index (κ2) is 7.33. The Balaban J connectivity index is 1.56. The maximum Gasteiger partial charge on any atom is 0.106 e. The van der Waals surface area contributed by atoms with Gasteiger partial charge in [0.2, 0.25) is 0 Å². The van der Waals surface area contributed by atoms with Crippen LogP contribution in [0.4, 0.5) is 5.69 Å². The van der Waals surface area contributed by atoms with Gasteiger partial charge in [-0.2, -0.15) is 11.8 Å². The SMILES string of the molecule is Cc1nc2cc(N(C)Sn3ccnc3)ccc2n1CC1CCSCC1. The number of aromatic nitrogens is 4. The summed E-state index contributed by atoms with van der Waals surface area (Å²) in [6.07, 6.45) is 8.19. The predicted octanol–water partition coefficient (Wildman–Crippen LogP) is 4.23. The summed E-state index contributed by atoms with van der Waals surface area (Å²) in [5, 5.41) is 0. The van der Waals surface area contributed by atoms with Gasteiger partial charge in [-0.1, -0.05) is 0 Å². The molecule has 0 aliphatic carbocycles. The fraction of sp³-hybridized carbons (Fsp3) is 0.444. The van der Waals surface area contributed by atoms with Crippen LogP contribution in [0.2, 0.25) is 0 Å². The van der Waals surface area contributed by atoms with E-state index in [-0.39, 0.29) is 0 Å². The third-order valence-electron chi connectivity index (χ3n) is 4.76. The molecule has 5 nitrogen and oxygen atoms in total. The average Bonchev–Trinajstić information content (AvgIpc) is 3.23. The monoisotopic (exact) mass is 373 g/mol. The Bertz CT molecular complexity index is 837. The third-order valence-corrected chi connectivity index (χ3v) is 6.67. The van der Waals surface area contributed by atoms with Gasteiger partial charge in [0.15, 0.2) is 0 Å². The number of anilines is 1. The first-order chi connectivity index (χ1) is 12.2. The average molecular weight is 374 g/mol. The Morgan fingerprint density at radius 2 is 2.16 bits per heavy atom. The number of hydrogen-bond donors (Lipinski definition) is 0. The molecule has 1 saturated heterocycles. The Hall–Kier alpha value is -1.60. The molecule has 0 radical (unpaired) electrons. The van der Waals surface area contributed by atoms with Crippen LogP contribution in [0.15, 0.2) is 36.9 Å². The molecule has 0 N–H and O–H groups in total. The van der Waals surface area contributed by atoms with Gasteiger partial charge in [-0.25, -0.2) is 9.97 Å². The number of nitrogens with zero attached hydrogens (tertiary/aromatic N) is 5. The van der Waals surface area contributed by atoms with Crippen LogP contribution < -0.4 is 4.31 Å². The van der Waals surface area contributed by atoms with Crippen LogP contribution in [-0.4, -0.2) is 37.1 Å². The van der Waals surface area contributed by atoms with Gasteiger partial charge < -0.3 is 8.87 Å². The summed E-state index contributed by atoms with van der Waals surface area (Å²) < 4.78 is 6.52. The van der Waals surface area contributed by atoms with E-state index in [1.54, 1.807) is 24.7 Å². The minimum Gasteiger partial charge on any atom is -0.328 e. The van der Waals surface area contributed by atoms with Gasteiger partial charge in [-0.05, 0) is 55.4 Å². The molecule has 25 heavy (non-hydrogen) atoms. The molecule has 3 aromatic rings. The highest BCUT2D eigenvalue weighted by atomic mass is 32.2. The largest absolute Gasteiger partial charge is 0.328 e. The van der Waals surface area contributed by atoms with Crippen LogP contribution in [0.25, 0.3) is 11.0 Å². The van der Waals surface area contributed by atoms with Gasteiger partial charge in [0.05, 0.1) is 28.9 Å². The lowest BCUT2D eigenvalue weighted by atomic mass is 10.0. The fourth-order valence-electron chi connectivity index (χ4n) is 3.34. The quantitative estimate of drug-likeness (QED) is 0.626. The number of rotatable bonds is 5. The summed E-state index contributed by atoms with van der Waals surface area (Å²) >= 11 is 3.69. The number of imidazole rings is 2. The van der Waals surface area contributed by atoms with E-state index in [0.717, 1.165) is 29.5 Å². The summed E-state index contributed by atoms with van der Waals surface area (Å²) in [7, 11) is 2.06. The minimum absolute atomic E-state index is 0.788. The molecule has 1 aliphatic rings. The highest BCUT2D eigenvalue weighted by Crippen LogP contribution is 2.29. The van der Waals surface area contributed by atoms with Gasteiger partial charge in [-0.3, -0.25) is 3.97 Å². The molecule has 0 spiro atoms. The lowest BCUT2D eigenvalue weighted by Crippen LogP contribution is -2.17. The fourth-order valence-corrected chi connectivity index (χ4v) is 5.24. The highest BCUT2D eigenvalue weighted by Gasteiger charge is 2.17. The molecule has 2 aromatic heterocycles. The van der Waals surface area contributed by atoms with Crippen LogP contribution in [0.3, 0.4) is 0 Å². The van der Waals surface area contributed by atoms with E-state index < -0.39 is 0 Å². The zero-order chi connectivity index (χ0) is 17.2. The first-order valence-electron chi connectivity index (χ1n) is 8.65. The molecular weight excluding hydrogens is 350 g/mol. The van der Waals surface area contributed by atoms with E-state index in [4.69, 9.17) is 4.98 Å². The van der Waals surface area contributed by atoms with Crippen molar-refractivity contribution in [1.82, 2.24) is 18.5 Å². The standard InChI is InChI=1S/C18H23N5S2/c1-14-20-17-11-16(21(2)25-22-8-7-19-13-22)3-4-18(17)23(14)12-15-5-9-24-10-6-15/h3-4,7-8,11,13,15H,5-6,9-10,12H2,1-2H3. The normalized spacial score (nSPS) is 15.8. The van der Waals surface area contributed by atoms with Crippen LogP contribution in [0.1, 0.15) is 18.7 Å². The highest BCUT2D eigenvalue weighted by molar-refractivity contribution is 7.99. The predicted molar refractivity (Wildman–Crippen MR) is 108 cm³/mol. The number of thioether (sulfide) groups is 1. The maximum absolute atomic E-state index is 4.82. The molecule has 1 aromatic carbocycles. The molecule has 0 bridgehead atoms. The molecule has 3 heterocycles. The van der Waals surface area contributed by atoms with Gasteiger partial charge >= 0.3 is 0 Å². The third kappa shape index (κ3) is 3.67. The van der Waals surface area contributed by atoms with Crippen LogP contribution in [-0.2, 0) is 6.54 Å². The molecule has 1 fully saturated rings. The number of fused-ring (bicyclic) bond motifs is 1. The Morgan fingerprint density at radius 1 is 1.32 bits per heavy atom.